The summed E-state index contributed by atoms with van der Waals surface area (Å²) in [4.78, 5) is 27.9. The van der Waals surface area contributed by atoms with E-state index < -0.39 is 17.7 Å². The van der Waals surface area contributed by atoms with Crippen molar-refractivity contribution in [3.05, 3.63) is 42.0 Å². The maximum Gasteiger partial charge on any atom is 0.328 e. The number of nitrogens with zero attached hydrogens (tertiary/aromatic N) is 2. The molecule has 3 rings (SSSR count). The zero-order valence-corrected chi connectivity index (χ0v) is 13.7. The minimum atomic E-state index is -1.02. The number of carbonyl (C=O) groups is 2. The molecule has 0 radical (unpaired) electrons. The van der Waals surface area contributed by atoms with Gasteiger partial charge in [-0.05, 0) is 18.7 Å². The predicted molar refractivity (Wildman–Crippen MR) is 89.2 cm³/mol. The lowest BCUT2D eigenvalue weighted by Gasteiger charge is -2.43. The number of piperidine rings is 1. The van der Waals surface area contributed by atoms with Gasteiger partial charge in [-0.3, -0.25) is 9.69 Å². The third kappa shape index (κ3) is 3.20. The van der Waals surface area contributed by atoms with Gasteiger partial charge in [0.25, 0.3) is 0 Å². The van der Waals surface area contributed by atoms with Crippen LogP contribution in [0, 0.1) is 0 Å². The topological polar surface area (TPSA) is 70.1 Å². The Balaban J connectivity index is 1.83. The monoisotopic (exact) mass is 330 g/mol. The minimum absolute atomic E-state index is 0.0456. The van der Waals surface area contributed by atoms with Crippen molar-refractivity contribution in [2.45, 2.75) is 24.6 Å². The smallest absolute Gasteiger partial charge is 0.328 e. The number of rotatable bonds is 3. The molecule has 2 saturated heterocycles. The molecule has 1 aromatic rings. The van der Waals surface area contributed by atoms with Gasteiger partial charge >= 0.3 is 5.97 Å². The summed E-state index contributed by atoms with van der Waals surface area (Å²) in [7, 11) is 2.01. The molecule has 0 saturated carbocycles. The van der Waals surface area contributed by atoms with Gasteiger partial charge in [-0.15, -0.1) is 0 Å². The molecule has 2 fully saturated rings. The van der Waals surface area contributed by atoms with Crippen LogP contribution < -0.4 is 0 Å². The number of hydrogen-bond donors (Lipinski definition) is 1. The molecule has 0 bridgehead atoms. The Bertz CT molecular complexity index is 636. The molecule has 2 heterocycles. The fourth-order valence-electron chi connectivity index (χ4n) is 3.36. The molecule has 0 aromatic heterocycles. The number of hydrogen-bond acceptors (Lipinski definition) is 4. The Morgan fingerprint density at radius 2 is 1.92 bits per heavy atom. The predicted octanol–water partition coefficient (Wildman–Crippen LogP) is 1.43. The van der Waals surface area contributed by atoms with Crippen LogP contribution in [0.25, 0.3) is 6.08 Å². The molecule has 1 spiro atoms. The van der Waals surface area contributed by atoms with Crippen molar-refractivity contribution >= 4 is 18.0 Å². The van der Waals surface area contributed by atoms with Crippen molar-refractivity contribution in [2.75, 3.05) is 26.7 Å². The summed E-state index contributed by atoms with van der Waals surface area (Å²) >= 11 is 0. The highest BCUT2D eigenvalue weighted by Crippen LogP contribution is 2.37. The maximum absolute atomic E-state index is 12.8. The first-order chi connectivity index (χ1) is 11.5. The third-order valence-corrected chi connectivity index (χ3v) is 4.77. The van der Waals surface area contributed by atoms with Gasteiger partial charge in [-0.25, -0.2) is 4.79 Å². The quantitative estimate of drug-likeness (QED) is 0.849. The molecule has 0 aliphatic carbocycles. The van der Waals surface area contributed by atoms with E-state index in [1.165, 1.54) is 11.0 Å². The normalized spacial score (nSPS) is 23.9. The standard InChI is InChI=1S/C18H22N2O4/c1-19-11-9-18(10-12-19)20(15(13-24-18)17(22)23)16(21)8-7-14-5-3-2-4-6-14/h2-8,15H,9-13H2,1H3,(H,22,23)/b8-7-. The molecule has 6 heteroatoms. The summed E-state index contributed by atoms with van der Waals surface area (Å²) < 4.78 is 5.85. The van der Waals surface area contributed by atoms with Gasteiger partial charge in [-0.2, -0.15) is 0 Å². The first-order valence-electron chi connectivity index (χ1n) is 8.14. The van der Waals surface area contributed by atoms with E-state index in [0.717, 1.165) is 18.7 Å². The lowest BCUT2D eigenvalue weighted by atomic mass is 9.98. The highest BCUT2D eigenvalue weighted by Gasteiger charge is 2.53. The molecule has 1 unspecified atom stereocenters. The van der Waals surface area contributed by atoms with Crippen LogP contribution in [0.3, 0.4) is 0 Å². The molecule has 1 atom stereocenters. The first-order valence-corrected chi connectivity index (χ1v) is 8.14. The fraction of sp³-hybridized carbons (Fsp3) is 0.444. The molecule has 24 heavy (non-hydrogen) atoms. The summed E-state index contributed by atoms with van der Waals surface area (Å²) in [6.45, 7) is 1.60. The van der Waals surface area contributed by atoms with Gasteiger partial charge in [-0.1, -0.05) is 30.3 Å². The molecule has 1 N–H and O–H groups in total. The summed E-state index contributed by atoms with van der Waals surface area (Å²) in [6, 6.07) is 8.54. The van der Waals surface area contributed by atoms with Crippen LogP contribution in [0.2, 0.25) is 0 Å². The second-order valence-corrected chi connectivity index (χ2v) is 6.37. The number of carboxylic acids is 1. The summed E-state index contributed by atoms with van der Waals surface area (Å²) in [5.74, 6) is -1.33. The number of likely N-dealkylation sites (tertiary alicyclic amines) is 1. The van der Waals surface area contributed by atoms with Crippen molar-refractivity contribution < 1.29 is 19.4 Å². The van der Waals surface area contributed by atoms with E-state index in [0.29, 0.717) is 12.8 Å². The number of benzene rings is 1. The van der Waals surface area contributed by atoms with Gasteiger partial charge in [0.15, 0.2) is 6.04 Å². The molecule has 2 aliphatic rings. The Morgan fingerprint density at radius 3 is 2.54 bits per heavy atom. The van der Waals surface area contributed by atoms with Gasteiger partial charge in [0, 0.05) is 32.0 Å². The average Bonchev–Trinajstić information content (AvgIpc) is 2.96. The van der Waals surface area contributed by atoms with E-state index in [9.17, 15) is 14.7 Å². The number of carboxylic acid groups (broad SMARTS) is 1. The second-order valence-electron chi connectivity index (χ2n) is 6.37. The van der Waals surface area contributed by atoms with Crippen molar-refractivity contribution in [3.8, 4) is 0 Å². The van der Waals surface area contributed by atoms with Crippen LogP contribution in [0.4, 0.5) is 0 Å². The molecule has 128 valence electrons. The highest BCUT2D eigenvalue weighted by atomic mass is 16.5. The van der Waals surface area contributed by atoms with Crippen LogP contribution >= 0.6 is 0 Å². The van der Waals surface area contributed by atoms with E-state index >= 15 is 0 Å². The van der Waals surface area contributed by atoms with Crippen LogP contribution in [-0.4, -0.2) is 65.3 Å². The highest BCUT2D eigenvalue weighted by molar-refractivity contribution is 5.95. The fourth-order valence-corrected chi connectivity index (χ4v) is 3.36. The Kier molecular flexibility index (Phi) is 4.69. The summed E-state index contributed by atoms with van der Waals surface area (Å²) in [5.41, 5.74) is 0.100. The molecule has 1 amide bonds. The number of amides is 1. The van der Waals surface area contributed by atoms with Gasteiger partial charge < -0.3 is 14.7 Å². The van der Waals surface area contributed by atoms with Crippen molar-refractivity contribution in [2.24, 2.45) is 0 Å². The van der Waals surface area contributed by atoms with Crippen LogP contribution in [-0.2, 0) is 14.3 Å². The van der Waals surface area contributed by atoms with Crippen LogP contribution in [0.15, 0.2) is 36.4 Å². The number of carbonyl (C=O) groups excluding carboxylic acids is 1. The lowest BCUT2D eigenvalue weighted by Crippen LogP contribution is -2.57. The second kappa shape index (κ2) is 6.75. The van der Waals surface area contributed by atoms with E-state index in [1.807, 2.05) is 37.4 Å². The van der Waals surface area contributed by atoms with Crippen molar-refractivity contribution in [1.82, 2.24) is 9.80 Å². The summed E-state index contributed by atoms with van der Waals surface area (Å²) in [5, 5.41) is 9.48. The molecule has 1 aromatic carbocycles. The van der Waals surface area contributed by atoms with Gasteiger partial charge in [0.05, 0.1) is 6.61 Å². The van der Waals surface area contributed by atoms with Crippen molar-refractivity contribution in [3.63, 3.8) is 0 Å². The van der Waals surface area contributed by atoms with Crippen LogP contribution in [0.5, 0.6) is 0 Å². The summed E-state index contributed by atoms with van der Waals surface area (Å²) in [6.07, 6.45) is 4.40. The molecular formula is C18H22N2O4. The maximum atomic E-state index is 12.8. The largest absolute Gasteiger partial charge is 0.480 e. The number of ether oxygens (including phenoxy) is 1. The Hall–Kier alpha value is -2.18. The first kappa shape index (κ1) is 16.7. The Morgan fingerprint density at radius 1 is 1.25 bits per heavy atom. The van der Waals surface area contributed by atoms with Gasteiger partial charge in [0.1, 0.15) is 5.72 Å². The third-order valence-electron chi connectivity index (χ3n) is 4.77. The van der Waals surface area contributed by atoms with Crippen molar-refractivity contribution in [1.29, 1.82) is 0 Å². The zero-order chi connectivity index (χ0) is 17.2. The van der Waals surface area contributed by atoms with E-state index in [1.54, 1.807) is 6.08 Å². The number of aliphatic carboxylic acids is 1. The lowest BCUT2D eigenvalue weighted by molar-refractivity contribution is -0.161. The molecule has 6 nitrogen and oxygen atoms in total. The molecule has 2 aliphatic heterocycles. The van der Waals surface area contributed by atoms with E-state index in [-0.39, 0.29) is 12.5 Å². The molecular weight excluding hydrogens is 308 g/mol. The SMILES string of the molecule is CN1CCC2(CC1)OCC(C(=O)O)N2C(=O)/C=C\c1ccccc1. The zero-order valence-electron chi connectivity index (χ0n) is 13.7. The van der Waals surface area contributed by atoms with Crippen LogP contribution in [0.1, 0.15) is 18.4 Å². The minimum Gasteiger partial charge on any atom is -0.480 e. The van der Waals surface area contributed by atoms with Gasteiger partial charge in [0.2, 0.25) is 5.91 Å². The average molecular weight is 330 g/mol. The Labute approximate surface area is 141 Å². The van der Waals surface area contributed by atoms with E-state index in [2.05, 4.69) is 4.90 Å². The van der Waals surface area contributed by atoms with E-state index in [4.69, 9.17) is 4.74 Å².